The maximum atomic E-state index is 5.28. The van der Waals surface area contributed by atoms with Gasteiger partial charge in [0.2, 0.25) is 0 Å². The van der Waals surface area contributed by atoms with Crippen LogP contribution in [0.2, 0.25) is 0 Å². The Morgan fingerprint density at radius 3 is 2.56 bits per heavy atom. The smallest absolute Gasteiger partial charge is 0.0618 e. The lowest BCUT2D eigenvalue weighted by Gasteiger charge is -2.23. The molecule has 0 saturated heterocycles. The van der Waals surface area contributed by atoms with Gasteiger partial charge in [-0.05, 0) is 31.2 Å². The van der Waals surface area contributed by atoms with Crippen LogP contribution in [0.4, 0.5) is 0 Å². The SMILES string of the molecule is COCC(N[C@@H](C)c1ccccc1)C1CC1. The third kappa shape index (κ3) is 3.06. The van der Waals surface area contributed by atoms with Gasteiger partial charge in [-0.1, -0.05) is 30.3 Å². The molecule has 0 amide bonds. The second kappa shape index (κ2) is 5.46. The Bertz CT molecular complexity index is 308. The molecule has 1 fully saturated rings. The van der Waals surface area contributed by atoms with Crippen molar-refractivity contribution in [2.45, 2.75) is 31.8 Å². The molecule has 1 aliphatic carbocycles. The van der Waals surface area contributed by atoms with Crippen molar-refractivity contribution in [3.63, 3.8) is 0 Å². The van der Waals surface area contributed by atoms with Gasteiger partial charge in [0, 0.05) is 19.2 Å². The number of methoxy groups -OCH3 is 1. The summed E-state index contributed by atoms with van der Waals surface area (Å²) >= 11 is 0. The Labute approximate surface area is 98.0 Å². The standard InChI is InChI=1S/C14H21NO/c1-11(12-6-4-3-5-7-12)15-14(10-16-2)13-8-9-13/h3-7,11,13-15H,8-10H2,1-2H3/t11-,14?/m0/s1. The number of ether oxygens (including phenoxy) is 1. The van der Waals surface area contributed by atoms with Crippen molar-refractivity contribution in [2.24, 2.45) is 5.92 Å². The third-order valence-electron chi connectivity index (χ3n) is 3.30. The van der Waals surface area contributed by atoms with E-state index in [0.29, 0.717) is 12.1 Å². The summed E-state index contributed by atoms with van der Waals surface area (Å²) in [7, 11) is 1.78. The first kappa shape index (κ1) is 11.6. The molecule has 0 spiro atoms. The highest BCUT2D eigenvalue weighted by Crippen LogP contribution is 2.33. The van der Waals surface area contributed by atoms with Gasteiger partial charge in [0.1, 0.15) is 0 Å². The van der Waals surface area contributed by atoms with Crippen LogP contribution in [0.15, 0.2) is 30.3 Å². The molecule has 1 aliphatic rings. The molecule has 1 aromatic carbocycles. The molecular formula is C14H21NO. The molecule has 0 bridgehead atoms. The first-order valence-electron chi connectivity index (χ1n) is 6.11. The third-order valence-corrected chi connectivity index (χ3v) is 3.30. The molecule has 2 nitrogen and oxygen atoms in total. The van der Waals surface area contributed by atoms with E-state index in [9.17, 15) is 0 Å². The van der Waals surface area contributed by atoms with Crippen LogP contribution in [-0.2, 0) is 4.74 Å². The maximum Gasteiger partial charge on any atom is 0.0618 e. The highest BCUT2D eigenvalue weighted by atomic mass is 16.5. The first-order valence-corrected chi connectivity index (χ1v) is 6.11. The van der Waals surface area contributed by atoms with Gasteiger partial charge in [0.15, 0.2) is 0 Å². The summed E-state index contributed by atoms with van der Waals surface area (Å²) < 4.78 is 5.28. The summed E-state index contributed by atoms with van der Waals surface area (Å²) in [6.45, 7) is 3.04. The molecule has 2 rings (SSSR count). The van der Waals surface area contributed by atoms with E-state index < -0.39 is 0 Å². The second-order valence-electron chi connectivity index (χ2n) is 4.70. The van der Waals surface area contributed by atoms with Gasteiger partial charge in [-0.15, -0.1) is 0 Å². The molecular weight excluding hydrogens is 198 g/mol. The van der Waals surface area contributed by atoms with Gasteiger partial charge in [-0.25, -0.2) is 0 Å². The van der Waals surface area contributed by atoms with Crippen molar-refractivity contribution in [1.29, 1.82) is 0 Å². The fraction of sp³-hybridized carbons (Fsp3) is 0.571. The molecule has 2 heteroatoms. The zero-order chi connectivity index (χ0) is 11.4. The largest absolute Gasteiger partial charge is 0.383 e. The van der Waals surface area contributed by atoms with Crippen LogP contribution < -0.4 is 5.32 Å². The molecule has 1 aromatic rings. The highest BCUT2D eigenvalue weighted by Gasteiger charge is 2.31. The van der Waals surface area contributed by atoms with Crippen LogP contribution >= 0.6 is 0 Å². The lowest BCUT2D eigenvalue weighted by Crippen LogP contribution is -2.36. The predicted octanol–water partition coefficient (Wildman–Crippen LogP) is 2.76. The van der Waals surface area contributed by atoms with Gasteiger partial charge in [-0.3, -0.25) is 0 Å². The van der Waals surface area contributed by atoms with Crippen molar-refractivity contribution in [3.8, 4) is 0 Å². The number of rotatable bonds is 6. The van der Waals surface area contributed by atoms with Gasteiger partial charge < -0.3 is 10.1 Å². The van der Waals surface area contributed by atoms with Crippen molar-refractivity contribution < 1.29 is 4.74 Å². The van der Waals surface area contributed by atoms with Gasteiger partial charge >= 0.3 is 0 Å². The van der Waals surface area contributed by atoms with E-state index in [-0.39, 0.29) is 0 Å². The highest BCUT2D eigenvalue weighted by molar-refractivity contribution is 5.18. The Morgan fingerprint density at radius 1 is 1.31 bits per heavy atom. The lowest BCUT2D eigenvalue weighted by molar-refractivity contribution is 0.152. The fourth-order valence-corrected chi connectivity index (χ4v) is 2.16. The second-order valence-corrected chi connectivity index (χ2v) is 4.70. The zero-order valence-corrected chi connectivity index (χ0v) is 10.1. The van der Waals surface area contributed by atoms with Crippen LogP contribution in [0.25, 0.3) is 0 Å². The van der Waals surface area contributed by atoms with Crippen molar-refractivity contribution in [1.82, 2.24) is 5.32 Å². The Hall–Kier alpha value is -0.860. The molecule has 0 aromatic heterocycles. The van der Waals surface area contributed by atoms with E-state index in [0.717, 1.165) is 12.5 Å². The number of benzene rings is 1. The van der Waals surface area contributed by atoms with Crippen molar-refractivity contribution in [2.75, 3.05) is 13.7 Å². The Kier molecular flexibility index (Phi) is 3.97. The summed E-state index contributed by atoms with van der Waals surface area (Å²) in [4.78, 5) is 0. The van der Waals surface area contributed by atoms with E-state index in [4.69, 9.17) is 4.74 Å². The number of hydrogen-bond donors (Lipinski definition) is 1. The monoisotopic (exact) mass is 219 g/mol. The number of nitrogens with one attached hydrogen (secondary N) is 1. The van der Waals surface area contributed by atoms with Crippen LogP contribution in [0.1, 0.15) is 31.4 Å². The van der Waals surface area contributed by atoms with Crippen molar-refractivity contribution >= 4 is 0 Å². The lowest BCUT2D eigenvalue weighted by atomic mass is 10.1. The summed E-state index contributed by atoms with van der Waals surface area (Å²) in [5, 5.41) is 3.67. The summed E-state index contributed by atoms with van der Waals surface area (Å²) in [6, 6.07) is 11.5. The molecule has 0 radical (unpaired) electrons. The van der Waals surface area contributed by atoms with Gasteiger partial charge in [-0.2, -0.15) is 0 Å². The normalized spacial score (nSPS) is 19.4. The minimum atomic E-state index is 0.405. The fourth-order valence-electron chi connectivity index (χ4n) is 2.16. The average Bonchev–Trinajstić information content (AvgIpc) is 3.13. The summed E-state index contributed by atoms with van der Waals surface area (Å²) in [6.07, 6.45) is 2.70. The minimum Gasteiger partial charge on any atom is -0.383 e. The van der Waals surface area contributed by atoms with Gasteiger partial charge in [0.05, 0.1) is 6.61 Å². The topological polar surface area (TPSA) is 21.3 Å². The molecule has 1 N–H and O–H groups in total. The molecule has 88 valence electrons. The molecule has 2 atom stereocenters. The van der Waals surface area contributed by atoms with E-state index in [1.54, 1.807) is 7.11 Å². The first-order chi connectivity index (χ1) is 7.81. The van der Waals surface area contributed by atoms with E-state index in [1.807, 2.05) is 0 Å². The van der Waals surface area contributed by atoms with Crippen LogP contribution in [0, 0.1) is 5.92 Å². The van der Waals surface area contributed by atoms with E-state index >= 15 is 0 Å². The Balaban J connectivity index is 1.92. The van der Waals surface area contributed by atoms with Crippen molar-refractivity contribution in [3.05, 3.63) is 35.9 Å². The number of hydrogen-bond acceptors (Lipinski definition) is 2. The molecule has 0 heterocycles. The zero-order valence-electron chi connectivity index (χ0n) is 10.1. The van der Waals surface area contributed by atoms with E-state index in [1.165, 1.54) is 18.4 Å². The quantitative estimate of drug-likeness (QED) is 0.794. The van der Waals surface area contributed by atoms with E-state index in [2.05, 4.69) is 42.6 Å². The Morgan fingerprint density at radius 2 is 2.00 bits per heavy atom. The minimum absolute atomic E-state index is 0.405. The van der Waals surface area contributed by atoms with Crippen LogP contribution in [-0.4, -0.2) is 19.8 Å². The predicted molar refractivity (Wildman–Crippen MR) is 66.4 cm³/mol. The van der Waals surface area contributed by atoms with Gasteiger partial charge in [0.25, 0.3) is 0 Å². The maximum absolute atomic E-state index is 5.28. The summed E-state index contributed by atoms with van der Waals surface area (Å²) in [5.41, 5.74) is 1.35. The van der Waals surface area contributed by atoms with Crippen LogP contribution in [0.3, 0.4) is 0 Å². The molecule has 1 unspecified atom stereocenters. The molecule has 0 aliphatic heterocycles. The summed E-state index contributed by atoms with van der Waals surface area (Å²) in [5.74, 6) is 0.825. The average molecular weight is 219 g/mol. The molecule has 1 saturated carbocycles. The molecule has 16 heavy (non-hydrogen) atoms. The van der Waals surface area contributed by atoms with Crippen LogP contribution in [0.5, 0.6) is 0 Å².